The fourth-order valence-corrected chi connectivity index (χ4v) is 2.81. The third kappa shape index (κ3) is 3.54. The van der Waals surface area contributed by atoms with Gasteiger partial charge in [0.15, 0.2) is 11.5 Å². The third-order valence-electron chi connectivity index (χ3n) is 4.14. The van der Waals surface area contributed by atoms with E-state index in [0.29, 0.717) is 43.2 Å². The van der Waals surface area contributed by atoms with Crippen LogP contribution in [0.1, 0.15) is 16.1 Å². The summed E-state index contributed by atoms with van der Waals surface area (Å²) in [6, 6.07) is 17.1. The van der Waals surface area contributed by atoms with E-state index < -0.39 is 0 Å². The highest BCUT2D eigenvalue weighted by Gasteiger charge is 2.14. The third-order valence-corrected chi connectivity index (χ3v) is 4.14. The molecule has 3 aromatic rings. The van der Waals surface area contributed by atoms with Crippen molar-refractivity contribution in [3.63, 3.8) is 0 Å². The summed E-state index contributed by atoms with van der Waals surface area (Å²) >= 11 is 0. The van der Waals surface area contributed by atoms with Crippen LogP contribution in [0.2, 0.25) is 0 Å². The van der Waals surface area contributed by atoms with Gasteiger partial charge in [0.05, 0.1) is 11.4 Å². The van der Waals surface area contributed by atoms with Gasteiger partial charge in [0.25, 0.3) is 5.91 Å². The number of fused-ring (bicyclic) bond motifs is 1. The number of carbonyl (C=O) groups excluding carboxylic acids is 1. The monoisotopic (exact) mass is 349 g/mol. The number of hydrogen-bond donors (Lipinski definition) is 1. The van der Waals surface area contributed by atoms with Gasteiger partial charge in [-0.1, -0.05) is 18.2 Å². The van der Waals surface area contributed by atoms with Gasteiger partial charge in [0.1, 0.15) is 13.2 Å². The zero-order chi connectivity index (χ0) is 17.8. The van der Waals surface area contributed by atoms with Crippen LogP contribution in [0.25, 0.3) is 5.69 Å². The Morgan fingerprint density at radius 2 is 1.85 bits per heavy atom. The molecule has 0 aliphatic carbocycles. The summed E-state index contributed by atoms with van der Waals surface area (Å²) in [6.07, 6.45) is 2.59. The highest BCUT2D eigenvalue weighted by molar-refractivity contribution is 5.94. The van der Waals surface area contributed by atoms with E-state index in [1.165, 1.54) is 0 Å². The maximum atomic E-state index is 12.3. The summed E-state index contributed by atoms with van der Waals surface area (Å²) in [5.74, 6) is 1.16. The minimum Gasteiger partial charge on any atom is -0.486 e. The molecular formula is C20H19N3O3. The molecule has 1 aliphatic heterocycles. The van der Waals surface area contributed by atoms with Gasteiger partial charge in [-0.2, -0.15) is 5.10 Å². The van der Waals surface area contributed by atoms with Crippen LogP contribution in [-0.4, -0.2) is 35.4 Å². The molecule has 1 amide bonds. The number of carbonyl (C=O) groups is 1. The van der Waals surface area contributed by atoms with E-state index in [1.807, 2.05) is 47.3 Å². The number of para-hydroxylation sites is 1. The minimum atomic E-state index is -0.135. The Bertz CT molecular complexity index is 906. The number of ether oxygens (including phenoxy) is 2. The smallest absolute Gasteiger partial charge is 0.251 e. The van der Waals surface area contributed by atoms with E-state index in [0.717, 1.165) is 11.4 Å². The van der Waals surface area contributed by atoms with Crippen LogP contribution in [0.4, 0.5) is 0 Å². The lowest BCUT2D eigenvalue weighted by Crippen LogP contribution is -2.26. The Labute approximate surface area is 151 Å². The van der Waals surface area contributed by atoms with E-state index in [1.54, 1.807) is 18.2 Å². The summed E-state index contributed by atoms with van der Waals surface area (Å²) in [4.78, 5) is 12.3. The normalized spacial score (nSPS) is 12.6. The molecule has 1 N–H and O–H groups in total. The average Bonchev–Trinajstić information content (AvgIpc) is 3.17. The van der Waals surface area contributed by atoms with Gasteiger partial charge in [-0.05, 0) is 36.4 Å². The zero-order valence-electron chi connectivity index (χ0n) is 14.2. The van der Waals surface area contributed by atoms with Gasteiger partial charge >= 0.3 is 0 Å². The molecule has 0 unspecified atom stereocenters. The molecule has 0 saturated heterocycles. The number of benzene rings is 2. The van der Waals surface area contributed by atoms with Gasteiger partial charge in [-0.15, -0.1) is 0 Å². The zero-order valence-corrected chi connectivity index (χ0v) is 14.2. The molecule has 132 valence electrons. The second-order valence-electron chi connectivity index (χ2n) is 5.95. The first-order chi connectivity index (χ1) is 12.8. The average molecular weight is 349 g/mol. The fraction of sp³-hybridized carbons (Fsp3) is 0.200. The number of rotatable bonds is 5. The van der Waals surface area contributed by atoms with Crippen LogP contribution in [0.5, 0.6) is 11.5 Å². The molecule has 2 heterocycles. The molecular weight excluding hydrogens is 330 g/mol. The van der Waals surface area contributed by atoms with Gasteiger partial charge in [0, 0.05) is 24.7 Å². The topological polar surface area (TPSA) is 65.4 Å². The van der Waals surface area contributed by atoms with Crippen molar-refractivity contribution in [3.8, 4) is 17.2 Å². The maximum Gasteiger partial charge on any atom is 0.251 e. The van der Waals surface area contributed by atoms with Crippen LogP contribution in [0.15, 0.2) is 60.8 Å². The summed E-state index contributed by atoms with van der Waals surface area (Å²) in [7, 11) is 0. The van der Waals surface area contributed by atoms with Crippen molar-refractivity contribution in [2.75, 3.05) is 19.8 Å². The van der Waals surface area contributed by atoms with E-state index >= 15 is 0 Å². The first-order valence-corrected chi connectivity index (χ1v) is 8.57. The summed E-state index contributed by atoms with van der Waals surface area (Å²) < 4.78 is 12.8. The summed E-state index contributed by atoms with van der Waals surface area (Å²) in [5.41, 5.74) is 2.50. The molecule has 0 radical (unpaired) electrons. The molecule has 0 fully saturated rings. The second-order valence-corrected chi connectivity index (χ2v) is 5.95. The predicted octanol–water partition coefficient (Wildman–Crippen LogP) is 2.62. The predicted molar refractivity (Wildman–Crippen MR) is 97.0 cm³/mol. The van der Waals surface area contributed by atoms with Crippen molar-refractivity contribution in [3.05, 3.63) is 72.1 Å². The van der Waals surface area contributed by atoms with Crippen LogP contribution in [0, 0.1) is 0 Å². The Morgan fingerprint density at radius 3 is 2.69 bits per heavy atom. The van der Waals surface area contributed by atoms with Crippen LogP contribution < -0.4 is 14.8 Å². The molecule has 0 atom stereocenters. The van der Waals surface area contributed by atoms with Crippen LogP contribution in [-0.2, 0) is 6.42 Å². The van der Waals surface area contributed by atoms with E-state index in [4.69, 9.17) is 9.47 Å². The Balaban J connectivity index is 1.33. The highest BCUT2D eigenvalue weighted by atomic mass is 16.6. The number of aromatic nitrogens is 2. The molecule has 1 aromatic heterocycles. The maximum absolute atomic E-state index is 12.3. The van der Waals surface area contributed by atoms with E-state index in [-0.39, 0.29) is 5.91 Å². The number of hydrogen-bond acceptors (Lipinski definition) is 4. The lowest BCUT2D eigenvalue weighted by Gasteiger charge is -2.18. The molecule has 26 heavy (non-hydrogen) atoms. The van der Waals surface area contributed by atoms with Gasteiger partial charge in [-0.3, -0.25) is 4.79 Å². The van der Waals surface area contributed by atoms with Crippen LogP contribution in [0.3, 0.4) is 0 Å². The molecule has 1 aliphatic rings. The van der Waals surface area contributed by atoms with Gasteiger partial charge in [0.2, 0.25) is 0 Å². The summed E-state index contributed by atoms with van der Waals surface area (Å²) in [5, 5.41) is 7.46. The van der Waals surface area contributed by atoms with Crippen molar-refractivity contribution in [1.82, 2.24) is 15.1 Å². The number of amides is 1. The molecule has 6 nitrogen and oxygen atoms in total. The quantitative estimate of drug-likeness (QED) is 0.769. The second kappa shape index (κ2) is 7.31. The largest absolute Gasteiger partial charge is 0.486 e. The van der Waals surface area contributed by atoms with Gasteiger partial charge < -0.3 is 14.8 Å². The number of nitrogens with zero attached hydrogens (tertiary/aromatic N) is 2. The molecule has 6 heteroatoms. The van der Waals surface area contributed by atoms with Crippen molar-refractivity contribution in [1.29, 1.82) is 0 Å². The highest BCUT2D eigenvalue weighted by Crippen LogP contribution is 2.30. The first-order valence-electron chi connectivity index (χ1n) is 8.57. The molecule has 2 aromatic carbocycles. The van der Waals surface area contributed by atoms with Gasteiger partial charge in [-0.25, -0.2) is 4.68 Å². The van der Waals surface area contributed by atoms with Crippen molar-refractivity contribution >= 4 is 5.91 Å². The first kappa shape index (κ1) is 16.2. The lowest BCUT2D eigenvalue weighted by atomic mass is 10.1. The molecule has 0 saturated carbocycles. The Morgan fingerprint density at radius 1 is 1.04 bits per heavy atom. The SMILES string of the molecule is O=C(NCCc1ccn(-c2ccccc2)n1)c1ccc2c(c1)OCCO2. The van der Waals surface area contributed by atoms with Crippen molar-refractivity contribution in [2.24, 2.45) is 0 Å². The Hall–Kier alpha value is -3.28. The van der Waals surface area contributed by atoms with Crippen molar-refractivity contribution < 1.29 is 14.3 Å². The standard InChI is InChI=1S/C20H19N3O3/c24-20(15-6-7-18-19(14-15)26-13-12-25-18)21-10-8-16-9-11-23(22-16)17-4-2-1-3-5-17/h1-7,9,11,14H,8,10,12-13H2,(H,21,24). The minimum absolute atomic E-state index is 0.135. The Kier molecular flexibility index (Phi) is 4.55. The van der Waals surface area contributed by atoms with Crippen LogP contribution >= 0.6 is 0 Å². The van der Waals surface area contributed by atoms with E-state index in [9.17, 15) is 4.79 Å². The van der Waals surface area contributed by atoms with Crippen molar-refractivity contribution in [2.45, 2.75) is 6.42 Å². The number of nitrogens with one attached hydrogen (secondary N) is 1. The molecule has 4 rings (SSSR count). The van der Waals surface area contributed by atoms with E-state index in [2.05, 4.69) is 10.4 Å². The lowest BCUT2D eigenvalue weighted by molar-refractivity contribution is 0.0953. The molecule has 0 bridgehead atoms. The molecule has 0 spiro atoms. The summed E-state index contributed by atoms with van der Waals surface area (Å²) in [6.45, 7) is 1.55. The fourth-order valence-electron chi connectivity index (χ4n) is 2.81.